The van der Waals surface area contributed by atoms with Crippen molar-refractivity contribution in [1.29, 1.82) is 0 Å². The molecule has 180 valence electrons. The average Bonchev–Trinajstić information content (AvgIpc) is 2.86. The van der Waals surface area contributed by atoms with Gasteiger partial charge in [0.2, 0.25) is 5.91 Å². The van der Waals surface area contributed by atoms with Crippen LogP contribution in [0.25, 0.3) is 0 Å². The largest absolute Gasteiger partial charge is 0.332 e. The Balaban J connectivity index is 1.45. The van der Waals surface area contributed by atoms with Gasteiger partial charge in [0.1, 0.15) is 11.2 Å². The van der Waals surface area contributed by atoms with Crippen molar-refractivity contribution < 1.29 is 23.2 Å². The molecule has 5 rings (SSSR count). The number of benzene rings is 2. The van der Waals surface area contributed by atoms with E-state index in [2.05, 4.69) is 21.8 Å². The number of amides is 4. The topological polar surface area (TPSA) is 86.7 Å². The van der Waals surface area contributed by atoms with E-state index in [1.54, 1.807) is 24.3 Å². The van der Waals surface area contributed by atoms with Crippen molar-refractivity contribution in [2.75, 3.05) is 22.9 Å². The summed E-state index contributed by atoms with van der Waals surface area (Å²) in [6.07, 6.45) is 3.83. The molecule has 2 saturated heterocycles. The Morgan fingerprint density at radius 2 is 1.64 bits per heavy atom. The van der Waals surface area contributed by atoms with Crippen LogP contribution in [0.1, 0.15) is 24.5 Å². The van der Waals surface area contributed by atoms with Crippen LogP contribution in [-0.4, -0.2) is 51.3 Å². The van der Waals surface area contributed by atoms with Crippen LogP contribution in [0.4, 0.5) is 25.1 Å². The van der Waals surface area contributed by atoms with Crippen LogP contribution in [0.2, 0.25) is 0 Å². The lowest BCUT2D eigenvalue weighted by Gasteiger charge is -2.51. The monoisotopic (exact) mass is 487 g/mol. The molecule has 36 heavy (non-hydrogen) atoms. The minimum absolute atomic E-state index is 0.0330. The molecule has 0 N–H and O–H groups in total. The summed E-state index contributed by atoms with van der Waals surface area (Å²) in [7, 11) is 0. The molecule has 1 atom stereocenters. The van der Waals surface area contributed by atoms with E-state index in [1.165, 1.54) is 35.3 Å². The zero-order valence-electron chi connectivity index (χ0n) is 19.1. The molecule has 0 bridgehead atoms. The lowest BCUT2D eigenvalue weighted by molar-refractivity contribution is -0.137. The number of carbonyl (C=O) groups excluding carboxylic acids is 3. The summed E-state index contributed by atoms with van der Waals surface area (Å²) in [6.45, 7) is 1.57. The lowest BCUT2D eigenvalue weighted by Crippen LogP contribution is -2.73. The van der Waals surface area contributed by atoms with Gasteiger partial charge in [-0.15, -0.1) is 0 Å². The van der Waals surface area contributed by atoms with Crippen molar-refractivity contribution in [3.63, 3.8) is 0 Å². The summed E-state index contributed by atoms with van der Waals surface area (Å²) in [4.78, 5) is 50.8. The second-order valence-electron chi connectivity index (χ2n) is 8.54. The van der Waals surface area contributed by atoms with Gasteiger partial charge in [0.05, 0.1) is 12.6 Å². The zero-order chi connectivity index (χ0) is 25.4. The summed E-state index contributed by atoms with van der Waals surface area (Å²) in [5, 5.41) is 0. The molecule has 10 heteroatoms. The molecule has 2 aromatic carbocycles. The number of anilines is 2. The number of hydrogen-bond acceptors (Lipinski definition) is 5. The fourth-order valence-electron chi connectivity index (χ4n) is 4.42. The van der Waals surface area contributed by atoms with Crippen LogP contribution < -0.4 is 9.80 Å². The van der Waals surface area contributed by atoms with Gasteiger partial charge in [-0.05, 0) is 31.2 Å². The summed E-state index contributed by atoms with van der Waals surface area (Å²) in [6, 6.07) is 9.87. The number of fused-ring (bicyclic) bond motifs is 1. The quantitative estimate of drug-likeness (QED) is 0.519. The number of piperazine rings is 1. The smallest absolute Gasteiger partial charge is 0.307 e. The molecule has 4 amide bonds. The summed E-state index contributed by atoms with van der Waals surface area (Å²) >= 11 is 0. The fraction of sp³-hybridized carbons (Fsp3) is 0.192. The van der Waals surface area contributed by atoms with Gasteiger partial charge in [0.15, 0.2) is 17.5 Å². The highest BCUT2D eigenvalue weighted by Crippen LogP contribution is 2.37. The lowest BCUT2D eigenvalue weighted by atomic mass is 9.88. The second-order valence-corrected chi connectivity index (χ2v) is 8.54. The first-order chi connectivity index (χ1) is 17.3. The summed E-state index contributed by atoms with van der Waals surface area (Å²) in [5.74, 6) is 2.14. The van der Waals surface area contributed by atoms with Crippen molar-refractivity contribution >= 4 is 29.4 Å². The van der Waals surface area contributed by atoms with Crippen molar-refractivity contribution in [3.8, 4) is 11.8 Å². The number of imide groups is 1. The van der Waals surface area contributed by atoms with Crippen molar-refractivity contribution in [2.45, 2.75) is 18.9 Å². The van der Waals surface area contributed by atoms with Crippen LogP contribution in [-0.2, 0) is 9.59 Å². The Bertz CT molecular complexity index is 1420. The van der Waals surface area contributed by atoms with Crippen LogP contribution in [0.15, 0.2) is 61.1 Å². The fourth-order valence-corrected chi connectivity index (χ4v) is 4.42. The first-order valence-electron chi connectivity index (χ1n) is 11.1. The van der Waals surface area contributed by atoms with Gasteiger partial charge in [-0.2, -0.15) is 0 Å². The van der Waals surface area contributed by atoms with Crippen LogP contribution in [0.5, 0.6) is 0 Å². The molecule has 3 heterocycles. The van der Waals surface area contributed by atoms with E-state index in [0.717, 1.165) is 12.1 Å². The molecule has 0 unspecified atom stereocenters. The SMILES string of the molecule is C[C@@]12CC(=O)N(c3c(F)cc(C#Cc4ccccc4)cc3F)C(=O)N1CCN(c1cnccn1)C2=O. The Morgan fingerprint density at radius 1 is 0.944 bits per heavy atom. The zero-order valence-corrected chi connectivity index (χ0v) is 19.1. The third-order valence-electron chi connectivity index (χ3n) is 6.21. The molecule has 0 radical (unpaired) electrons. The van der Waals surface area contributed by atoms with E-state index in [-0.39, 0.29) is 24.5 Å². The van der Waals surface area contributed by atoms with Crippen LogP contribution in [0, 0.1) is 23.5 Å². The van der Waals surface area contributed by atoms with Gasteiger partial charge in [-0.3, -0.25) is 19.5 Å². The number of aromatic nitrogens is 2. The maximum absolute atomic E-state index is 15.1. The standard InChI is InChI=1S/C26H19F2N5O3/c1-26-15-22(34)33(25(36)32(26)12-11-31(24(26)35)21-16-29-9-10-30-21)23-19(27)13-18(14-20(23)28)8-7-17-5-3-2-4-6-17/h2-6,9-10,13-14,16H,11-12,15H2,1H3/t26-/m0/s1. The second kappa shape index (κ2) is 8.85. The van der Waals surface area contributed by atoms with Gasteiger partial charge in [-0.1, -0.05) is 30.0 Å². The molecule has 2 aliphatic rings. The Kier molecular flexibility index (Phi) is 5.68. The molecule has 3 aromatic rings. The van der Waals surface area contributed by atoms with Gasteiger partial charge >= 0.3 is 6.03 Å². The van der Waals surface area contributed by atoms with E-state index in [4.69, 9.17) is 0 Å². The Labute approximate surface area is 205 Å². The predicted molar refractivity (Wildman–Crippen MR) is 126 cm³/mol. The molecule has 0 aliphatic carbocycles. The minimum atomic E-state index is -1.53. The van der Waals surface area contributed by atoms with E-state index >= 15 is 8.78 Å². The first-order valence-corrected chi connectivity index (χ1v) is 11.1. The molecular formula is C26H19F2N5O3. The van der Waals surface area contributed by atoms with E-state index in [0.29, 0.717) is 10.5 Å². The number of halogens is 2. The predicted octanol–water partition coefficient (Wildman–Crippen LogP) is 3.12. The van der Waals surface area contributed by atoms with Gasteiger partial charge < -0.3 is 4.90 Å². The Hall–Kier alpha value is -4.65. The Morgan fingerprint density at radius 3 is 2.31 bits per heavy atom. The van der Waals surface area contributed by atoms with E-state index < -0.39 is 47.1 Å². The van der Waals surface area contributed by atoms with Gasteiger partial charge in [0.25, 0.3) is 5.91 Å². The third-order valence-corrected chi connectivity index (χ3v) is 6.21. The normalized spacial score (nSPS) is 19.6. The van der Waals surface area contributed by atoms with E-state index in [1.807, 2.05) is 6.07 Å². The number of urea groups is 1. The summed E-state index contributed by atoms with van der Waals surface area (Å²) in [5.41, 5.74) is -1.62. The van der Waals surface area contributed by atoms with Crippen molar-refractivity contribution in [1.82, 2.24) is 14.9 Å². The third kappa shape index (κ3) is 3.84. The number of rotatable bonds is 2. The van der Waals surface area contributed by atoms with E-state index in [9.17, 15) is 14.4 Å². The highest BCUT2D eigenvalue weighted by Gasteiger charge is 2.56. The van der Waals surface area contributed by atoms with Crippen molar-refractivity contribution in [3.05, 3.63) is 83.8 Å². The molecule has 2 aliphatic heterocycles. The van der Waals surface area contributed by atoms with Crippen LogP contribution >= 0.6 is 0 Å². The number of nitrogens with zero attached hydrogens (tertiary/aromatic N) is 5. The maximum Gasteiger partial charge on any atom is 0.332 e. The maximum atomic E-state index is 15.1. The molecule has 8 nitrogen and oxygen atoms in total. The highest BCUT2D eigenvalue weighted by atomic mass is 19.1. The average molecular weight is 487 g/mol. The van der Waals surface area contributed by atoms with Crippen molar-refractivity contribution in [2.24, 2.45) is 0 Å². The molecule has 0 saturated carbocycles. The van der Waals surface area contributed by atoms with Gasteiger partial charge in [-0.25, -0.2) is 23.5 Å². The molecule has 0 spiro atoms. The molecule has 1 aromatic heterocycles. The van der Waals surface area contributed by atoms with Gasteiger partial charge in [0, 0.05) is 36.6 Å². The number of hydrogen-bond donors (Lipinski definition) is 0. The van der Waals surface area contributed by atoms with Crippen LogP contribution in [0.3, 0.4) is 0 Å². The minimum Gasteiger partial charge on any atom is -0.307 e. The first kappa shape index (κ1) is 23.1. The molecular weight excluding hydrogens is 468 g/mol. The summed E-state index contributed by atoms with van der Waals surface area (Å²) < 4.78 is 30.2. The highest BCUT2D eigenvalue weighted by molar-refractivity contribution is 6.20. The molecule has 2 fully saturated rings. The number of carbonyl (C=O) groups is 3.